The number of H-pyrrole nitrogens is 1. The van der Waals surface area contributed by atoms with E-state index in [1.54, 1.807) is 26.0 Å². The number of amides is 1. The maximum Gasteiger partial charge on any atom is 0.224 e. The molecule has 1 amide bonds. The summed E-state index contributed by atoms with van der Waals surface area (Å²) in [5, 5.41) is 3.97. The van der Waals surface area contributed by atoms with E-state index in [1.165, 1.54) is 0 Å². The first-order chi connectivity index (χ1) is 13.3. The van der Waals surface area contributed by atoms with Crippen LogP contribution in [0.15, 0.2) is 54.7 Å². The molecule has 0 atom stereocenters. The zero-order valence-electron chi connectivity index (χ0n) is 16.0. The lowest BCUT2D eigenvalue weighted by atomic mass is 10.1. The van der Waals surface area contributed by atoms with Crippen LogP contribution in [0.3, 0.4) is 0 Å². The van der Waals surface area contributed by atoms with E-state index in [1.807, 2.05) is 42.6 Å². The van der Waals surface area contributed by atoms with Crippen LogP contribution in [0.5, 0.6) is 0 Å². The smallest absolute Gasteiger partial charge is 0.224 e. The number of benzene rings is 2. The number of hydrogen-bond acceptors (Lipinski definition) is 3. The Morgan fingerprint density at radius 1 is 1.04 bits per heavy atom. The molecule has 0 bridgehead atoms. The third-order valence-corrected chi connectivity index (χ3v) is 5.85. The fourth-order valence-electron chi connectivity index (χ4n) is 3.09. The number of para-hydroxylation sites is 1. The Labute approximate surface area is 165 Å². The first-order valence-corrected chi connectivity index (χ1v) is 10.9. The van der Waals surface area contributed by atoms with Gasteiger partial charge in [-0.15, -0.1) is 0 Å². The SMILES string of the molecule is CC(C)NS(=O)(=O)Cc1ccc(CNC(=O)Cc2c[nH]c3ccccc23)cc1. The molecule has 1 heterocycles. The second-order valence-corrected chi connectivity index (χ2v) is 8.92. The number of sulfonamides is 1. The maximum absolute atomic E-state index is 12.3. The summed E-state index contributed by atoms with van der Waals surface area (Å²) in [7, 11) is -3.34. The molecular formula is C21H25N3O3S. The van der Waals surface area contributed by atoms with Crippen molar-refractivity contribution in [3.8, 4) is 0 Å². The molecule has 3 aromatic rings. The summed E-state index contributed by atoms with van der Waals surface area (Å²) in [6.45, 7) is 3.98. The van der Waals surface area contributed by atoms with E-state index in [-0.39, 0.29) is 17.7 Å². The number of rotatable bonds is 8. The van der Waals surface area contributed by atoms with Crippen molar-refractivity contribution >= 4 is 26.8 Å². The molecule has 0 radical (unpaired) electrons. The highest BCUT2D eigenvalue weighted by atomic mass is 32.2. The van der Waals surface area contributed by atoms with Crippen molar-refractivity contribution in [2.45, 2.75) is 38.6 Å². The molecule has 0 aliphatic heterocycles. The standard InChI is InChI=1S/C21H25N3O3S/c1-15(2)24-28(26,27)14-17-9-7-16(8-10-17)12-23-21(25)11-18-13-22-20-6-4-3-5-19(18)20/h3-10,13,15,22,24H,11-12,14H2,1-2H3,(H,23,25). The van der Waals surface area contributed by atoms with Gasteiger partial charge in [-0.3, -0.25) is 4.79 Å². The fraction of sp³-hybridized carbons (Fsp3) is 0.286. The van der Waals surface area contributed by atoms with Crippen LogP contribution in [0, 0.1) is 0 Å². The lowest BCUT2D eigenvalue weighted by molar-refractivity contribution is -0.120. The molecule has 0 saturated heterocycles. The molecule has 3 rings (SSSR count). The van der Waals surface area contributed by atoms with Crippen LogP contribution in [0.4, 0.5) is 0 Å². The molecule has 0 fully saturated rings. The van der Waals surface area contributed by atoms with Crippen LogP contribution in [0.25, 0.3) is 10.9 Å². The van der Waals surface area contributed by atoms with E-state index in [2.05, 4.69) is 15.0 Å². The highest BCUT2D eigenvalue weighted by Gasteiger charge is 2.13. The van der Waals surface area contributed by atoms with Gasteiger partial charge in [0.2, 0.25) is 15.9 Å². The molecule has 6 nitrogen and oxygen atoms in total. The van der Waals surface area contributed by atoms with Gasteiger partial charge in [0.1, 0.15) is 0 Å². The molecular weight excluding hydrogens is 374 g/mol. The molecule has 0 aliphatic carbocycles. The summed E-state index contributed by atoms with van der Waals surface area (Å²) in [4.78, 5) is 15.4. The van der Waals surface area contributed by atoms with Gasteiger partial charge in [-0.25, -0.2) is 13.1 Å². The molecule has 1 aromatic heterocycles. The summed E-state index contributed by atoms with van der Waals surface area (Å²) in [6, 6.07) is 15.0. The van der Waals surface area contributed by atoms with Gasteiger partial charge < -0.3 is 10.3 Å². The summed E-state index contributed by atoms with van der Waals surface area (Å²) >= 11 is 0. The second-order valence-electron chi connectivity index (χ2n) is 7.16. The van der Waals surface area contributed by atoms with Crippen molar-refractivity contribution in [1.82, 2.24) is 15.0 Å². The van der Waals surface area contributed by atoms with E-state index in [4.69, 9.17) is 0 Å². The minimum atomic E-state index is -3.34. The Hall–Kier alpha value is -2.64. The van der Waals surface area contributed by atoms with Gasteiger partial charge in [0.25, 0.3) is 0 Å². The Kier molecular flexibility index (Phi) is 6.16. The van der Waals surface area contributed by atoms with Crippen LogP contribution in [-0.2, 0) is 33.5 Å². The Balaban J connectivity index is 1.54. The van der Waals surface area contributed by atoms with Gasteiger partial charge in [0.05, 0.1) is 12.2 Å². The highest BCUT2D eigenvalue weighted by molar-refractivity contribution is 7.88. The highest BCUT2D eigenvalue weighted by Crippen LogP contribution is 2.18. The van der Waals surface area contributed by atoms with E-state index in [0.29, 0.717) is 18.5 Å². The molecule has 0 aliphatic rings. The summed E-state index contributed by atoms with van der Waals surface area (Å²) in [5.41, 5.74) is 3.61. The Bertz CT molecular complexity index is 1050. The molecule has 28 heavy (non-hydrogen) atoms. The van der Waals surface area contributed by atoms with Gasteiger partial charge in [-0.2, -0.15) is 0 Å². The number of carbonyl (C=O) groups excluding carboxylic acids is 1. The number of hydrogen-bond donors (Lipinski definition) is 3. The zero-order valence-corrected chi connectivity index (χ0v) is 16.8. The molecule has 0 unspecified atom stereocenters. The zero-order chi connectivity index (χ0) is 20.1. The number of carbonyl (C=O) groups is 1. The van der Waals surface area contributed by atoms with Gasteiger partial charge in [0, 0.05) is 29.7 Å². The van der Waals surface area contributed by atoms with Crippen LogP contribution in [-0.4, -0.2) is 25.4 Å². The predicted octanol–water partition coefficient (Wildman–Crippen LogP) is 2.85. The van der Waals surface area contributed by atoms with Crippen molar-refractivity contribution < 1.29 is 13.2 Å². The van der Waals surface area contributed by atoms with Crippen molar-refractivity contribution in [2.75, 3.05) is 0 Å². The van der Waals surface area contributed by atoms with Crippen molar-refractivity contribution in [3.63, 3.8) is 0 Å². The van der Waals surface area contributed by atoms with Gasteiger partial charge >= 0.3 is 0 Å². The van der Waals surface area contributed by atoms with E-state index < -0.39 is 10.0 Å². The van der Waals surface area contributed by atoms with Gasteiger partial charge in [-0.05, 0) is 36.6 Å². The minimum Gasteiger partial charge on any atom is -0.361 e. The largest absolute Gasteiger partial charge is 0.361 e. The Morgan fingerprint density at radius 2 is 1.71 bits per heavy atom. The summed E-state index contributed by atoms with van der Waals surface area (Å²) in [6.07, 6.45) is 2.17. The topological polar surface area (TPSA) is 91.1 Å². The van der Waals surface area contributed by atoms with Crippen LogP contribution >= 0.6 is 0 Å². The van der Waals surface area contributed by atoms with Gasteiger partial charge in [0.15, 0.2) is 0 Å². The average Bonchev–Trinajstić information content (AvgIpc) is 3.03. The summed E-state index contributed by atoms with van der Waals surface area (Å²) in [5.74, 6) is -0.115. The first-order valence-electron chi connectivity index (χ1n) is 9.22. The summed E-state index contributed by atoms with van der Waals surface area (Å²) < 4.78 is 26.5. The second kappa shape index (κ2) is 8.58. The first kappa shape index (κ1) is 20.1. The van der Waals surface area contributed by atoms with Crippen LogP contribution in [0.1, 0.15) is 30.5 Å². The molecule has 148 valence electrons. The van der Waals surface area contributed by atoms with E-state index >= 15 is 0 Å². The number of fused-ring (bicyclic) bond motifs is 1. The normalized spacial score (nSPS) is 11.8. The predicted molar refractivity (Wildman–Crippen MR) is 111 cm³/mol. The lowest BCUT2D eigenvalue weighted by Gasteiger charge is -2.10. The monoisotopic (exact) mass is 399 g/mol. The van der Waals surface area contributed by atoms with Crippen molar-refractivity contribution in [3.05, 3.63) is 71.4 Å². The molecule has 0 spiro atoms. The molecule has 0 saturated carbocycles. The maximum atomic E-state index is 12.3. The number of nitrogens with one attached hydrogen (secondary N) is 3. The lowest BCUT2D eigenvalue weighted by Crippen LogP contribution is -2.31. The number of aromatic amines is 1. The molecule has 7 heteroatoms. The van der Waals surface area contributed by atoms with Crippen LogP contribution in [0.2, 0.25) is 0 Å². The fourth-order valence-corrected chi connectivity index (χ4v) is 4.52. The van der Waals surface area contributed by atoms with E-state index in [9.17, 15) is 13.2 Å². The van der Waals surface area contributed by atoms with E-state index in [0.717, 1.165) is 22.0 Å². The average molecular weight is 400 g/mol. The van der Waals surface area contributed by atoms with Crippen molar-refractivity contribution in [1.29, 1.82) is 0 Å². The quantitative estimate of drug-likeness (QED) is 0.544. The third kappa shape index (κ3) is 5.43. The molecule has 2 aromatic carbocycles. The van der Waals surface area contributed by atoms with Gasteiger partial charge in [-0.1, -0.05) is 42.5 Å². The minimum absolute atomic E-state index is 0.0572. The third-order valence-electron chi connectivity index (χ3n) is 4.31. The van der Waals surface area contributed by atoms with Crippen molar-refractivity contribution in [2.24, 2.45) is 0 Å². The van der Waals surface area contributed by atoms with Crippen LogP contribution < -0.4 is 10.0 Å². The Morgan fingerprint density at radius 3 is 2.43 bits per heavy atom. The number of aromatic nitrogens is 1. The molecule has 3 N–H and O–H groups in total.